The Hall–Kier alpha value is -1.09. The molecular weight excluding hydrogens is 278 g/mol. The third-order valence-electron chi connectivity index (χ3n) is 3.87. The molecule has 1 fully saturated rings. The highest BCUT2D eigenvalue weighted by Crippen LogP contribution is 2.29. The zero-order valence-electron chi connectivity index (χ0n) is 13.2. The molecule has 2 rings (SSSR count). The number of hydrogen-bond donors (Lipinski definition) is 1. The number of ether oxygens (including phenoxy) is 1. The maximum atomic E-state index is 5.20. The fourth-order valence-corrected chi connectivity index (χ4v) is 3.96. The molecule has 0 unspecified atom stereocenters. The van der Waals surface area contributed by atoms with Crippen molar-refractivity contribution in [2.75, 3.05) is 18.2 Å². The summed E-state index contributed by atoms with van der Waals surface area (Å²) in [6.07, 6.45) is 10.4. The van der Waals surface area contributed by atoms with E-state index in [1.807, 2.05) is 12.1 Å². The first-order valence-electron chi connectivity index (χ1n) is 8.03. The van der Waals surface area contributed by atoms with Crippen molar-refractivity contribution in [1.82, 2.24) is 0 Å². The van der Waals surface area contributed by atoms with Gasteiger partial charge in [-0.3, -0.25) is 0 Å². The van der Waals surface area contributed by atoms with Gasteiger partial charge in [0.15, 0.2) is 0 Å². The van der Waals surface area contributed by atoms with Gasteiger partial charge in [0.05, 0.1) is 7.11 Å². The number of methoxy groups -OCH3 is 1. The Kier molecular flexibility index (Phi) is 7.01. The molecule has 1 aromatic carbocycles. The lowest BCUT2D eigenvalue weighted by Crippen LogP contribution is -2.11. The van der Waals surface area contributed by atoms with Crippen LogP contribution in [0.2, 0.25) is 0 Å². The predicted octanol–water partition coefficient (Wildman–Crippen LogP) is 5.47. The normalized spacial score (nSPS) is 16.8. The van der Waals surface area contributed by atoms with Gasteiger partial charge in [0, 0.05) is 22.4 Å². The van der Waals surface area contributed by atoms with Crippen molar-refractivity contribution in [1.29, 1.82) is 0 Å². The van der Waals surface area contributed by atoms with Gasteiger partial charge in [-0.1, -0.05) is 32.3 Å². The first-order valence-corrected chi connectivity index (χ1v) is 9.08. The summed E-state index contributed by atoms with van der Waals surface area (Å²) in [5.74, 6) is 1.99. The predicted molar refractivity (Wildman–Crippen MR) is 94.3 cm³/mol. The molecule has 0 amide bonds. The molecule has 116 valence electrons. The average molecular weight is 305 g/mol. The fraction of sp³-hybridized carbons (Fsp3) is 0.556. The minimum absolute atomic E-state index is 0.858. The maximum Gasteiger partial charge on any atom is 0.119 e. The zero-order valence-corrected chi connectivity index (χ0v) is 14.0. The van der Waals surface area contributed by atoms with Crippen molar-refractivity contribution in [3.05, 3.63) is 36.0 Å². The molecule has 0 bridgehead atoms. The van der Waals surface area contributed by atoms with Gasteiger partial charge >= 0.3 is 0 Å². The molecular formula is C18H27NOS. The van der Waals surface area contributed by atoms with Crippen LogP contribution in [0.5, 0.6) is 5.75 Å². The second kappa shape index (κ2) is 9.04. The van der Waals surface area contributed by atoms with Gasteiger partial charge in [0.1, 0.15) is 5.75 Å². The standard InChI is InChI=1S/C18H27NOS/c1-3-7-16(14-21-18-8-5-4-6-9-18)19-15-10-12-17(20-2)13-11-15/h7,10-13,18-19H,3-6,8-9,14H2,1-2H3/b16-7+. The van der Waals surface area contributed by atoms with Crippen LogP contribution in [0.15, 0.2) is 36.0 Å². The van der Waals surface area contributed by atoms with Crippen LogP contribution in [0.1, 0.15) is 45.4 Å². The Bertz CT molecular complexity index is 435. The molecule has 3 heteroatoms. The van der Waals surface area contributed by atoms with E-state index in [2.05, 4.69) is 42.2 Å². The first-order chi connectivity index (χ1) is 10.3. The van der Waals surface area contributed by atoms with E-state index in [9.17, 15) is 0 Å². The number of hydrogen-bond acceptors (Lipinski definition) is 3. The number of thioether (sulfide) groups is 1. The van der Waals surface area contributed by atoms with E-state index < -0.39 is 0 Å². The highest BCUT2D eigenvalue weighted by Gasteiger charge is 2.14. The van der Waals surface area contributed by atoms with Crippen molar-refractivity contribution in [3.8, 4) is 5.75 Å². The van der Waals surface area contributed by atoms with Crippen molar-refractivity contribution < 1.29 is 4.74 Å². The van der Waals surface area contributed by atoms with E-state index in [-0.39, 0.29) is 0 Å². The van der Waals surface area contributed by atoms with Gasteiger partial charge in [-0.2, -0.15) is 11.8 Å². The van der Waals surface area contributed by atoms with Crippen LogP contribution < -0.4 is 10.1 Å². The molecule has 0 atom stereocenters. The summed E-state index contributed by atoms with van der Waals surface area (Å²) in [5.41, 5.74) is 2.47. The Balaban J connectivity index is 1.87. The van der Waals surface area contributed by atoms with Crippen LogP contribution in [0.25, 0.3) is 0 Å². The largest absolute Gasteiger partial charge is 0.497 e. The summed E-state index contributed by atoms with van der Waals surface area (Å²) in [4.78, 5) is 0. The molecule has 0 aromatic heterocycles. The third kappa shape index (κ3) is 5.66. The summed E-state index contributed by atoms with van der Waals surface area (Å²) in [6, 6.07) is 8.15. The van der Waals surface area contributed by atoms with Crippen molar-refractivity contribution >= 4 is 17.4 Å². The lowest BCUT2D eigenvalue weighted by molar-refractivity contribution is 0.415. The SMILES string of the molecule is CC/C=C(\CSC1CCCCC1)Nc1ccc(OC)cc1. The smallest absolute Gasteiger partial charge is 0.119 e. The molecule has 0 saturated heterocycles. The van der Waals surface area contributed by atoms with Gasteiger partial charge < -0.3 is 10.1 Å². The summed E-state index contributed by atoms with van der Waals surface area (Å²) < 4.78 is 5.20. The Labute approximate surface area is 133 Å². The van der Waals surface area contributed by atoms with E-state index in [0.29, 0.717) is 0 Å². The summed E-state index contributed by atoms with van der Waals surface area (Å²) >= 11 is 2.12. The number of allylic oxidation sites excluding steroid dienone is 1. The van der Waals surface area contributed by atoms with Gasteiger partial charge in [-0.25, -0.2) is 0 Å². The van der Waals surface area contributed by atoms with Crippen LogP contribution in [-0.2, 0) is 0 Å². The first kappa shape index (κ1) is 16.3. The minimum atomic E-state index is 0.858. The van der Waals surface area contributed by atoms with E-state index in [0.717, 1.165) is 28.9 Å². The zero-order chi connectivity index (χ0) is 14.9. The molecule has 1 N–H and O–H groups in total. The molecule has 1 aromatic rings. The lowest BCUT2D eigenvalue weighted by atomic mass is 10.0. The molecule has 0 spiro atoms. The van der Waals surface area contributed by atoms with Crippen molar-refractivity contribution in [2.24, 2.45) is 0 Å². The average Bonchev–Trinajstić information content (AvgIpc) is 2.54. The number of anilines is 1. The molecule has 1 aliphatic rings. The van der Waals surface area contributed by atoms with Gasteiger partial charge in [-0.05, 0) is 43.5 Å². The highest BCUT2D eigenvalue weighted by atomic mass is 32.2. The summed E-state index contributed by atoms with van der Waals surface area (Å²) in [6.45, 7) is 2.20. The molecule has 2 nitrogen and oxygen atoms in total. The minimum Gasteiger partial charge on any atom is -0.497 e. The van der Waals surface area contributed by atoms with Crippen molar-refractivity contribution in [2.45, 2.75) is 50.7 Å². The number of benzene rings is 1. The van der Waals surface area contributed by atoms with E-state index in [1.54, 1.807) is 7.11 Å². The molecule has 1 saturated carbocycles. The number of rotatable bonds is 7. The highest BCUT2D eigenvalue weighted by molar-refractivity contribution is 8.00. The van der Waals surface area contributed by atoms with Gasteiger partial charge in [-0.15, -0.1) is 0 Å². The molecule has 0 radical (unpaired) electrons. The molecule has 1 aliphatic carbocycles. The van der Waals surface area contributed by atoms with Crippen molar-refractivity contribution in [3.63, 3.8) is 0 Å². The van der Waals surface area contributed by atoms with Gasteiger partial charge in [0.25, 0.3) is 0 Å². The molecule has 21 heavy (non-hydrogen) atoms. The third-order valence-corrected chi connectivity index (χ3v) is 5.29. The van der Waals surface area contributed by atoms with Crippen LogP contribution in [0.3, 0.4) is 0 Å². The quantitative estimate of drug-likeness (QED) is 0.722. The van der Waals surface area contributed by atoms with Gasteiger partial charge in [0.2, 0.25) is 0 Å². The van der Waals surface area contributed by atoms with E-state index in [1.165, 1.54) is 37.8 Å². The van der Waals surface area contributed by atoms with Crippen LogP contribution >= 0.6 is 11.8 Å². The van der Waals surface area contributed by atoms with E-state index in [4.69, 9.17) is 4.74 Å². The Morgan fingerprint density at radius 2 is 1.95 bits per heavy atom. The van der Waals surface area contributed by atoms with Crippen LogP contribution in [-0.4, -0.2) is 18.1 Å². The fourth-order valence-electron chi connectivity index (χ4n) is 2.69. The Morgan fingerprint density at radius 1 is 1.24 bits per heavy atom. The summed E-state index contributed by atoms with van der Waals surface area (Å²) in [7, 11) is 1.70. The van der Waals surface area contributed by atoms with Crippen LogP contribution in [0, 0.1) is 0 Å². The lowest BCUT2D eigenvalue weighted by Gasteiger charge is -2.22. The molecule has 0 aliphatic heterocycles. The Morgan fingerprint density at radius 3 is 2.57 bits per heavy atom. The second-order valence-electron chi connectivity index (χ2n) is 5.56. The topological polar surface area (TPSA) is 21.3 Å². The number of nitrogens with one attached hydrogen (secondary N) is 1. The van der Waals surface area contributed by atoms with Crippen LogP contribution in [0.4, 0.5) is 5.69 Å². The van der Waals surface area contributed by atoms with E-state index >= 15 is 0 Å². The summed E-state index contributed by atoms with van der Waals surface area (Å²) in [5, 5.41) is 4.41. The monoisotopic (exact) mass is 305 g/mol. The second-order valence-corrected chi connectivity index (χ2v) is 6.85. The molecule has 0 heterocycles. The maximum absolute atomic E-state index is 5.20.